The van der Waals surface area contributed by atoms with Gasteiger partial charge in [0.25, 0.3) is 5.69 Å². The Balaban J connectivity index is 1.24. The molecule has 2 N–H and O–H groups in total. The van der Waals surface area contributed by atoms with Crippen molar-refractivity contribution in [1.82, 2.24) is 9.80 Å². The van der Waals surface area contributed by atoms with E-state index in [9.17, 15) is 20.3 Å². The van der Waals surface area contributed by atoms with Crippen LogP contribution in [0.5, 0.6) is 17.2 Å². The molecule has 6 aromatic rings. The van der Waals surface area contributed by atoms with Crippen molar-refractivity contribution in [2.45, 2.75) is 55.6 Å². The molecule has 4 heterocycles. The molecule has 2 saturated heterocycles. The van der Waals surface area contributed by atoms with E-state index in [4.69, 9.17) is 23.7 Å². The van der Waals surface area contributed by atoms with Gasteiger partial charge in [-0.25, -0.2) is 9.69 Å². The van der Waals surface area contributed by atoms with Crippen LogP contribution < -0.4 is 19.1 Å². The van der Waals surface area contributed by atoms with Gasteiger partial charge in [0.1, 0.15) is 36.5 Å². The van der Waals surface area contributed by atoms with Gasteiger partial charge in [0, 0.05) is 37.2 Å². The van der Waals surface area contributed by atoms with E-state index >= 15 is 19.2 Å². The molecular weight excluding hydrogens is 961 g/mol. The number of non-ortho nitro benzene ring substituents is 1. The first kappa shape index (κ1) is 50.0. The number of ether oxygens (including phenoxy) is 5. The summed E-state index contributed by atoms with van der Waals surface area (Å²) in [6, 6.07) is 35.9. The van der Waals surface area contributed by atoms with E-state index in [0.717, 1.165) is 16.0 Å². The first-order valence-corrected chi connectivity index (χ1v) is 24.4. The Labute approximate surface area is 431 Å². The van der Waals surface area contributed by atoms with Gasteiger partial charge >= 0.3 is 12.1 Å². The number of hydrogen-bond acceptors (Lipinski definition) is 14. The van der Waals surface area contributed by atoms with Crippen LogP contribution in [-0.4, -0.2) is 95.4 Å². The molecule has 0 saturated carbocycles. The number of aliphatic hydroxyl groups excluding tert-OH is 2. The van der Waals surface area contributed by atoms with Gasteiger partial charge in [0.05, 0.1) is 56.0 Å². The molecule has 2 fully saturated rings. The lowest BCUT2D eigenvalue weighted by Crippen LogP contribution is -2.57. The minimum atomic E-state index is -2.16. The highest BCUT2D eigenvalue weighted by Crippen LogP contribution is 2.66. The fourth-order valence-corrected chi connectivity index (χ4v) is 11.3. The number of morpholine rings is 1. The monoisotopic (exact) mass is 1010 g/mol. The standard InChI is InChI=1S/C58H52N4O13/c1-71-47-32-40-25-26-59(34-42(40)33-48(47)72-2)54(65)49-51-55(66)75-52(39-15-7-4-8-16-39)50(38-13-5-3-6-14-38)61(51)53(41-17-11-18-44(31-41)73-29-28-64)58(49)45-30-36(12-9-10-27-63)21-24-46(45)60(56(58)67)57(68)74-35-37-19-22-43(23-20-37)62(69)70/h3-8,11,13-24,30-33,49-53,63-64H,10,25-29,34-35H2,1-2H3/t49-,50-,51-,52+,53+,58-/m1/s1. The van der Waals surface area contributed by atoms with Crippen LogP contribution in [0.4, 0.5) is 16.2 Å². The molecule has 17 nitrogen and oxygen atoms in total. The summed E-state index contributed by atoms with van der Waals surface area (Å²) in [5, 5.41) is 31.1. The van der Waals surface area contributed by atoms with Crippen molar-refractivity contribution in [2.75, 3.05) is 45.5 Å². The number of anilines is 1. The summed E-state index contributed by atoms with van der Waals surface area (Å²) in [4.78, 5) is 79.4. The molecule has 4 aliphatic rings. The number of imide groups is 1. The minimum Gasteiger partial charge on any atom is -0.493 e. The van der Waals surface area contributed by atoms with E-state index in [1.165, 1.54) is 31.4 Å². The number of esters is 1. The fourth-order valence-electron chi connectivity index (χ4n) is 11.3. The van der Waals surface area contributed by atoms with Crippen LogP contribution in [-0.2, 0) is 48.8 Å². The van der Waals surface area contributed by atoms with Gasteiger partial charge in [-0.3, -0.25) is 29.4 Å². The first-order valence-electron chi connectivity index (χ1n) is 24.4. The van der Waals surface area contributed by atoms with Crippen molar-refractivity contribution in [3.8, 4) is 29.1 Å². The van der Waals surface area contributed by atoms with Gasteiger partial charge in [-0.15, -0.1) is 0 Å². The molecule has 0 unspecified atom stereocenters. The van der Waals surface area contributed by atoms with E-state index in [-0.39, 0.29) is 62.9 Å². The van der Waals surface area contributed by atoms with Crippen molar-refractivity contribution in [3.63, 3.8) is 0 Å². The van der Waals surface area contributed by atoms with Crippen LogP contribution >= 0.6 is 0 Å². The second-order valence-corrected chi connectivity index (χ2v) is 18.5. The molecule has 382 valence electrons. The van der Waals surface area contributed by atoms with Gasteiger partial charge in [-0.1, -0.05) is 84.6 Å². The molecule has 0 bridgehead atoms. The molecule has 17 heteroatoms. The number of cyclic esters (lactones) is 1. The average molecular weight is 1010 g/mol. The molecule has 3 amide bonds. The van der Waals surface area contributed by atoms with Gasteiger partial charge in [-0.2, -0.15) is 0 Å². The molecule has 0 radical (unpaired) electrons. The summed E-state index contributed by atoms with van der Waals surface area (Å²) in [6.45, 7) is -0.747. The Morgan fingerprint density at radius 3 is 2.17 bits per heavy atom. The molecule has 0 aromatic heterocycles. The van der Waals surface area contributed by atoms with E-state index in [0.29, 0.717) is 51.5 Å². The summed E-state index contributed by atoms with van der Waals surface area (Å²) in [5.74, 6) is 3.51. The lowest BCUT2D eigenvalue weighted by atomic mass is 9.64. The fraction of sp³-hybridized carbons (Fsp3) is 0.276. The van der Waals surface area contributed by atoms with Crippen LogP contribution in [0.2, 0.25) is 0 Å². The third-order valence-electron chi connectivity index (χ3n) is 14.5. The third-order valence-corrected chi connectivity index (χ3v) is 14.5. The van der Waals surface area contributed by atoms with Gasteiger partial charge < -0.3 is 38.8 Å². The lowest BCUT2D eigenvalue weighted by molar-refractivity contribution is -0.384. The second-order valence-electron chi connectivity index (χ2n) is 18.5. The number of amides is 3. The Morgan fingerprint density at radius 1 is 0.800 bits per heavy atom. The second kappa shape index (κ2) is 21.1. The Hall–Kier alpha value is -8.56. The number of aliphatic hydroxyl groups is 2. The number of hydrogen-bond donors (Lipinski definition) is 2. The summed E-state index contributed by atoms with van der Waals surface area (Å²) >= 11 is 0. The number of methoxy groups -OCH3 is 2. The summed E-state index contributed by atoms with van der Waals surface area (Å²) in [6.07, 6.45) is -1.59. The minimum absolute atomic E-state index is 0.0570. The zero-order valence-corrected chi connectivity index (χ0v) is 41.0. The van der Waals surface area contributed by atoms with Crippen LogP contribution in [0.25, 0.3) is 0 Å². The van der Waals surface area contributed by atoms with Crippen molar-refractivity contribution in [3.05, 3.63) is 194 Å². The Kier molecular flexibility index (Phi) is 14.1. The van der Waals surface area contributed by atoms with E-state index in [2.05, 4.69) is 11.8 Å². The molecule has 0 aliphatic carbocycles. The normalized spacial score (nSPS) is 21.5. The number of fused-ring (bicyclic) bond motifs is 4. The number of benzene rings is 6. The smallest absolute Gasteiger partial charge is 0.421 e. The highest BCUT2D eigenvalue weighted by atomic mass is 16.6. The van der Waals surface area contributed by atoms with Crippen LogP contribution in [0.3, 0.4) is 0 Å². The number of rotatable bonds is 13. The summed E-state index contributed by atoms with van der Waals surface area (Å²) in [7, 11) is 3.06. The van der Waals surface area contributed by atoms with Gasteiger partial charge in [0.2, 0.25) is 11.8 Å². The predicted octanol–water partition coefficient (Wildman–Crippen LogP) is 7.30. The van der Waals surface area contributed by atoms with Crippen molar-refractivity contribution in [2.24, 2.45) is 5.92 Å². The van der Waals surface area contributed by atoms with E-state index < -0.39 is 64.4 Å². The number of nitro groups is 1. The Bertz CT molecular complexity index is 3230. The number of nitrogens with zero attached hydrogens (tertiary/aromatic N) is 4. The molecule has 4 aliphatic heterocycles. The Morgan fingerprint density at radius 2 is 1.49 bits per heavy atom. The van der Waals surface area contributed by atoms with Gasteiger partial charge in [0.15, 0.2) is 11.5 Å². The largest absolute Gasteiger partial charge is 0.493 e. The van der Waals surface area contributed by atoms with Crippen LogP contribution in [0, 0.1) is 27.9 Å². The van der Waals surface area contributed by atoms with Crippen LogP contribution in [0.15, 0.2) is 140 Å². The molecule has 1 spiro atoms. The maximum absolute atomic E-state index is 16.8. The molecule has 75 heavy (non-hydrogen) atoms. The SMILES string of the molecule is COc1cc2c(cc1OC)CN(C(=O)[C@H]1[C@@H]3C(=O)O[C@@H](c4ccccc4)[C@@H](c4ccccc4)N3[C@@H](c3cccc(OCCO)c3)[C@]13C(=O)N(C(=O)OCc1ccc([N+](=O)[O-])cc1)c1ccc(C#CCCO)cc13)CC2. The molecular formula is C58H52N4O13. The third kappa shape index (κ3) is 8.96. The van der Waals surface area contributed by atoms with Crippen molar-refractivity contribution >= 4 is 35.3 Å². The highest BCUT2D eigenvalue weighted by Gasteiger charge is 2.76. The van der Waals surface area contributed by atoms with Crippen molar-refractivity contribution in [1.29, 1.82) is 0 Å². The number of carbonyl (C=O) groups excluding carboxylic acids is 4. The van der Waals surface area contributed by atoms with E-state index in [1.807, 2.05) is 77.7 Å². The zero-order valence-electron chi connectivity index (χ0n) is 41.0. The summed E-state index contributed by atoms with van der Waals surface area (Å²) in [5.41, 5.74) is 2.19. The number of carbonyl (C=O) groups is 4. The van der Waals surface area contributed by atoms with Gasteiger partial charge in [-0.05, 0) is 100.0 Å². The highest BCUT2D eigenvalue weighted by molar-refractivity contribution is 6.23. The maximum atomic E-state index is 16.8. The van der Waals surface area contributed by atoms with Crippen molar-refractivity contribution < 1.29 is 58.0 Å². The van der Waals surface area contributed by atoms with Crippen LogP contribution in [0.1, 0.15) is 69.1 Å². The zero-order chi connectivity index (χ0) is 52.4. The molecule has 6 aromatic carbocycles. The topological polar surface area (TPSA) is 208 Å². The quantitative estimate of drug-likeness (QED) is 0.0504. The van der Waals surface area contributed by atoms with E-state index in [1.54, 1.807) is 54.5 Å². The summed E-state index contributed by atoms with van der Waals surface area (Å²) < 4.78 is 29.9. The average Bonchev–Trinajstić information content (AvgIpc) is 4.14. The molecule has 10 rings (SSSR count). The number of nitro benzene ring substituents is 1. The first-order chi connectivity index (χ1) is 36.5. The lowest BCUT2D eigenvalue weighted by Gasteiger charge is -2.46. The maximum Gasteiger partial charge on any atom is 0.421 e. The predicted molar refractivity (Wildman–Crippen MR) is 271 cm³/mol. The molecule has 6 atom stereocenters.